The van der Waals surface area contributed by atoms with Gasteiger partial charge in [-0.2, -0.15) is 0 Å². The summed E-state index contributed by atoms with van der Waals surface area (Å²) < 4.78 is 0. The van der Waals surface area contributed by atoms with E-state index in [4.69, 9.17) is 10.7 Å². The van der Waals surface area contributed by atoms with E-state index in [0.29, 0.717) is 0 Å². The Bertz CT molecular complexity index is 1570. The van der Waals surface area contributed by atoms with Gasteiger partial charge in [0, 0.05) is 45.4 Å². The molecule has 136 valence electrons. The van der Waals surface area contributed by atoms with Crippen LogP contribution in [0.25, 0.3) is 54.5 Å². The molecule has 0 radical (unpaired) electrons. The molecule has 0 saturated carbocycles. The molecule has 6 aromatic rings. The number of hydrogen-bond acceptors (Lipinski definition) is 3. The van der Waals surface area contributed by atoms with E-state index in [2.05, 4.69) is 77.8 Å². The minimum atomic E-state index is 0.746. The first-order valence-electron chi connectivity index (χ1n) is 9.63. The van der Waals surface area contributed by atoms with Crippen LogP contribution < -0.4 is 5.73 Å². The maximum absolute atomic E-state index is 6.50. The summed E-state index contributed by atoms with van der Waals surface area (Å²) >= 11 is 0. The van der Waals surface area contributed by atoms with Crippen LogP contribution in [0, 0.1) is 0 Å². The fraction of sp³-hybridized carbons (Fsp3) is 0. The van der Waals surface area contributed by atoms with Gasteiger partial charge in [0.1, 0.15) is 0 Å². The van der Waals surface area contributed by atoms with Crippen molar-refractivity contribution < 1.29 is 0 Å². The fourth-order valence-corrected chi connectivity index (χ4v) is 4.22. The highest BCUT2D eigenvalue weighted by Gasteiger charge is 2.10. The largest absolute Gasteiger partial charge is 0.398 e. The average Bonchev–Trinajstić information content (AvgIpc) is 2.78. The second-order valence-corrected chi connectivity index (χ2v) is 7.38. The predicted molar refractivity (Wildman–Crippen MR) is 122 cm³/mol. The van der Waals surface area contributed by atoms with Crippen LogP contribution in [0.15, 0.2) is 91.3 Å². The summed E-state index contributed by atoms with van der Waals surface area (Å²) in [6.07, 6.45) is 3.74. The number of aromatic nitrogens is 2. The second-order valence-electron chi connectivity index (χ2n) is 7.38. The van der Waals surface area contributed by atoms with Gasteiger partial charge in [-0.05, 0) is 46.5 Å². The molecule has 0 saturated heterocycles. The van der Waals surface area contributed by atoms with Crippen LogP contribution in [0.2, 0.25) is 0 Å². The van der Waals surface area contributed by atoms with E-state index in [-0.39, 0.29) is 0 Å². The van der Waals surface area contributed by atoms with Crippen molar-refractivity contribution >= 4 is 49.0 Å². The van der Waals surface area contributed by atoms with Gasteiger partial charge >= 0.3 is 0 Å². The number of nitrogens with two attached hydrogens (primary N) is 1. The molecular formula is C26H17N3. The van der Waals surface area contributed by atoms with Gasteiger partial charge in [0.25, 0.3) is 0 Å². The summed E-state index contributed by atoms with van der Waals surface area (Å²) in [6.45, 7) is 0. The van der Waals surface area contributed by atoms with E-state index in [9.17, 15) is 0 Å². The lowest BCUT2D eigenvalue weighted by molar-refractivity contribution is 1.42. The molecular weight excluding hydrogens is 354 g/mol. The molecule has 0 aliphatic carbocycles. The Morgan fingerprint density at radius 1 is 0.621 bits per heavy atom. The molecule has 0 fully saturated rings. The van der Waals surface area contributed by atoms with Gasteiger partial charge in [-0.3, -0.25) is 9.97 Å². The smallest absolute Gasteiger partial charge is 0.0780 e. The van der Waals surface area contributed by atoms with Gasteiger partial charge in [0.15, 0.2) is 0 Å². The molecule has 0 bridgehead atoms. The van der Waals surface area contributed by atoms with E-state index < -0.39 is 0 Å². The van der Waals surface area contributed by atoms with E-state index in [1.165, 1.54) is 10.8 Å². The molecule has 0 amide bonds. The van der Waals surface area contributed by atoms with Crippen LogP contribution in [-0.2, 0) is 0 Å². The quantitative estimate of drug-likeness (QED) is 0.271. The average molecular weight is 371 g/mol. The first-order chi connectivity index (χ1) is 14.3. The van der Waals surface area contributed by atoms with Crippen LogP contribution in [0.5, 0.6) is 0 Å². The predicted octanol–water partition coefficient (Wildman–Crippen LogP) is 6.34. The lowest BCUT2D eigenvalue weighted by Gasteiger charge is -2.11. The fourth-order valence-electron chi connectivity index (χ4n) is 4.22. The van der Waals surface area contributed by atoms with Crippen LogP contribution in [-0.4, -0.2) is 9.97 Å². The normalized spacial score (nSPS) is 11.6. The number of anilines is 1. The van der Waals surface area contributed by atoms with Crippen LogP contribution in [0.3, 0.4) is 0 Å². The van der Waals surface area contributed by atoms with Crippen molar-refractivity contribution in [3.63, 3.8) is 0 Å². The Kier molecular flexibility index (Phi) is 3.32. The zero-order valence-corrected chi connectivity index (χ0v) is 15.6. The molecule has 2 heterocycles. The van der Waals surface area contributed by atoms with Gasteiger partial charge in [-0.1, -0.05) is 48.5 Å². The Morgan fingerprint density at radius 3 is 2.41 bits per heavy atom. The second kappa shape index (κ2) is 6.01. The number of nitrogen functional groups attached to an aromatic ring is 1. The van der Waals surface area contributed by atoms with Crippen molar-refractivity contribution in [1.82, 2.24) is 9.97 Å². The highest BCUT2D eigenvalue weighted by molar-refractivity contribution is 6.10. The number of rotatable bonds is 1. The summed E-state index contributed by atoms with van der Waals surface area (Å²) in [5, 5.41) is 6.87. The van der Waals surface area contributed by atoms with E-state index in [0.717, 1.165) is 49.4 Å². The molecule has 3 nitrogen and oxygen atoms in total. The Morgan fingerprint density at radius 2 is 1.45 bits per heavy atom. The minimum absolute atomic E-state index is 0.746. The minimum Gasteiger partial charge on any atom is -0.398 e. The van der Waals surface area contributed by atoms with Crippen LogP contribution in [0.1, 0.15) is 0 Å². The molecule has 0 spiro atoms. The van der Waals surface area contributed by atoms with E-state index in [1.54, 1.807) is 0 Å². The summed E-state index contributed by atoms with van der Waals surface area (Å²) in [5.74, 6) is 0. The van der Waals surface area contributed by atoms with Gasteiger partial charge in [-0.25, -0.2) is 0 Å². The number of pyridine rings is 2. The molecule has 2 N–H and O–H groups in total. The van der Waals surface area contributed by atoms with E-state index in [1.807, 2.05) is 18.5 Å². The first kappa shape index (κ1) is 16.0. The first-order valence-corrected chi connectivity index (χ1v) is 9.63. The molecule has 0 unspecified atom stereocenters. The van der Waals surface area contributed by atoms with Crippen molar-refractivity contribution in [3.8, 4) is 11.1 Å². The maximum atomic E-state index is 6.50. The van der Waals surface area contributed by atoms with Crippen molar-refractivity contribution in [2.45, 2.75) is 0 Å². The molecule has 3 heteroatoms. The Labute approximate surface area is 167 Å². The highest BCUT2D eigenvalue weighted by atomic mass is 14.7. The van der Waals surface area contributed by atoms with Crippen LogP contribution in [0.4, 0.5) is 5.69 Å². The lowest BCUT2D eigenvalue weighted by atomic mass is 9.96. The maximum Gasteiger partial charge on any atom is 0.0780 e. The Balaban J connectivity index is 1.59. The lowest BCUT2D eigenvalue weighted by Crippen LogP contribution is -1.93. The Hall–Kier alpha value is -3.98. The van der Waals surface area contributed by atoms with Crippen molar-refractivity contribution in [2.75, 3.05) is 5.73 Å². The summed E-state index contributed by atoms with van der Waals surface area (Å²) in [6, 6.07) is 27.2. The third-order valence-corrected chi connectivity index (χ3v) is 5.66. The molecule has 4 aromatic carbocycles. The monoisotopic (exact) mass is 371 g/mol. The molecule has 0 atom stereocenters. The highest BCUT2D eigenvalue weighted by Crippen LogP contribution is 2.35. The standard InChI is InChI=1S/C26H17N3/c27-24-14-22-17(9-10-25-21(22)6-3-11-28-25)13-23(24)19-12-18-8-7-16-4-1-2-5-20(16)26(18)29-15-19/h1-15H,27H2. The van der Waals surface area contributed by atoms with Gasteiger partial charge in [-0.15, -0.1) is 0 Å². The van der Waals surface area contributed by atoms with Gasteiger partial charge in [0.05, 0.1) is 11.0 Å². The molecule has 0 aliphatic heterocycles. The van der Waals surface area contributed by atoms with Crippen molar-refractivity contribution in [2.24, 2.45) is 0 Å². The summed E-state index contributed by atoms with van der Waals surface area (Å²) in [4.78, 5) is 9.24. The summed E-state index contributed by atoms with van der Waals surface area (Å²) in [7, 11) is 0. The summed E-state index contributed by atoms with van der Waals surface area (Å²) in [5.41, 5.74) is 11.3. The van der Waals surface area contributed by atoms with Gasteiger partial charge < -0.3 is 5.73 Å². The number of benzene rings is 4. The van der Waals surface area contributed by atoms with Crippen LogP contribution >= 0.6 is 0 Å². The third-order valence-electron chi connectivity index (χ3n) is 5.66. The van der Waals surface area contributed by atoms with E-state index >= 15 is 0 Å². The molecule has 2 aromatic heterocycles. The molecule has 29 heavy (non-hydrogen) atoms. The zero-order chi connectivity index (χ0) is 19.4. The van der Waals surface area contributed by atoms with Crippen molar-refractivity contribution in [1.29, 1.82) is 0 Å². The topological polar surface area (TPSA) is 51.8 Å². The van der Waals surface area contributed by atoms with Crippen molar-refractivity contribution in [3.05, 3.63) is 91.3 Å². The molecule has 6 rings (SSSR count). The molecule has 0 aliphatic rings. The number of hydrogen-bond donors (Lipinski definition) is 1. The zero-order valence-electron chi connectivity index (χ0n) is 15.6. The SMILES string of the molecule is Nc1cc2c(ccc3ncccc32)cc1-c1cnc2c(ccc3ccccc32)c1. The number of nitrogens with zero attached hydrogens (tertiary/aromatic N) is 2. The third kappa shape index (κ3) is 2.44. The number of fused-ring (bicyclic) bond motifs is 6. The van der Waals surface area contributed by atoms with Gasteiger partial charge in [0.2, 0.25) is 0 Å².